The Kier molecular flexibility index (Phi) is 1.40. The summed E-state index contributed by atoms with van der Waals surface area (Å²) >= 11 is 0. The van der Waals surface area contributed by atoms with Crippen LogP contribution in [0.5, 0.6) is 0 Å². The smallest absolute Gasteiger partial charge is 0.0756 e. The first-order valence-corrected chi connectivity index (χ1v) is 2.55. The molecule has 0 aliphatic carbocycles. The molecule has 36 valence electrons. The lowest BCUT2D eigenvalue weighted by atomic mass is 9.83. The second-order valence-corrected chi connectivity index (χ2v) is 1.77. The SMILES string of the molecule is [B]C1C=CNCC1. The first-order chi connectivity index (χ1) is 3.39. The van der Waals surface area contributed by atoms with Gasteiger partial charge in [-0.2, -0.15) is 0 Å². The average Bonchev–Trinajstić information content (AvgIpc) is 1.69. The Hall–Kier alpha value is -0.395. The van der Waals surface area contributed by atoms with Gasteiger partial charge in [-0.15, -0.1) is 0 Å². The van der Waals surface area contributed by atoms with Gasteiger partial charge in [0.1, 0.15) is 0 Å². The lowest BCUT2D eigenvalue weighted by molar-refractivity contribution is 0.726. The standard InChI is InChI=1S/C5H8BN/c6-5-1-3-7-4-2-5/h1,3,5,7H,2,4H2. The lowest BCUT2D eigenvalue weighted by Crippen LogP contribution is -2.13. The summed E-state index contributed by atoms with van der Waals surface area (Å²) in [6.07, 6.45) is 4.95. The molecule has 0 spiro atoms. The van der Waals surface area contributed by atoms with Crippen LogP contribution < -0.4 is 5.32 Å². The summed E-state index contributed by atoms with van der Waals surface area (Å²) in [6.45, 7) is 1.03. The Morgan fingerprint density at radius 2 is 2.57 bits per heavy atom. The van der Waals surface area contributed by atoms with E-state index in [1.807, 2.05) is 12.3 Å². The highest BCUT2D eigenvalue weighted by Gasteiger charge is 1.97. The van der Waals surface area contributed by atoms with Crippen LogP contribution in [0.15, 0.2) is 12.3 Å². The highest BCUT2D eigenvalue weighted by Crippen LogP contribution is 2.07. The largest absolute Gasteiger partial charge is 0.391 e. The monoisotopic (exact) mass is 93.1 g/mol. The fraction of sp³-hybridized carbons (Fsp3) is 0.600. The molecule has 1 N–H and O–H groups in total. The minimum absolute atomic E-state index is 0.293. The minimum atomic E-state index is 0.293. The van der Waals surface area contributed by atoms with Crippen LogP contribution >= 0.6 is 0 Å². The predicted molar refractivity (Wildman–Crippen MR) is 31.3 cm³/mol. The Morgan fingerprint density at radius 1 is 1.71 bits per heavy atom. The molecule has 2 radical (unpaired) electrons. The molecular weight excluding hydrogens is 84.9 g/mol. The molecular formula is C5H8BN. The van der Waals surface area contributed by atoms with Crippen LogP contribution in [0.4, 0.5) is 0 Å². The molecule has 1 nitrogen and oxygen atoms in total. The second kappa shape index (κ2) is 2.06. The van der Waals surface area contributed by atoms with E-state index >= 15 is 0 Å². The van der Waals surface area contributed by atoms with Crippen molar-refractivity contribution in [3.8, 4) is 0 Å². The van der Waals surface area contributed by atoms with Crippen molar-refractivity contribution in [3.05, 3.63) is 12.3 Å². The van der Waals surface area contributed by atoms with Gasteiger partial charge in [-0.3, -0.25) is 0 Å². The van der Waals surface area contributed by atoms with Gasteiger partial charge in [0.25, 0.3) is 0 Å². The van der Waals surface area contributed by atoms with Crippen LogP contribution in [0.1, 0.15) is 6.42 Å². The van der Waals surface area contributed by atoms with Crippen molar-refractivity contribution >= 4 is 7.85 Å². The topological polar surface area (TPSA) is 12.0 Å². The molecule has 1 atom stereocenters. The molecule has 1 aliphatic heterocycles. The first kappa shape index (κ1) is 4.76. The maximum Gasteiger partial charge on any atom is 0.0756 e. The van der Waals surface area contributed by atoms with Gasteiger partial charge in [0.2, 0.25) is 0 Å². The summed E-state index contributed by atoms with van der Waals surface area (Å²) in [4.78, 5) is 0. The van der Waals surface area contributed by atoms with Crippen molar-refractivity contribution < 1.29 is 0 Å². The zero-order chi connectivity index (χ0) is 5.11. The van der Waals surface area contributed by atoms with Gasteiger partial charge in [-0.1, -0.05) is 11.9 Å². The quantitative estimate of drug-likeness (QED) is 0.428. The summed E-state index contributed by atoms with van der Waals surface area (Å²) in [5, 5.41) is 3.05. The van der Waals surface area contributed by atoms with E-state index in [9.17, 15) is 0 Å². The zero-order valence-electron chi connectivity index (χ0n) is 4.22. The zero-order valence-corrected chi connectivity index (χ0v) is 4.22. The van der Waals surface area contributed by atoms with Gasteiger partial charge in [-0.05, 0) is 12.6 Å². The predicted octanol–water partition coefficient (Wildman–Crippen LogP) is 0.450. The second-order valence-electron chi connectivity index (χ2n) is 1.77. The molecule has 1 unspecified atom stereocenters. The van der Waals surface area contributed by atoms with Crippen LogP contribution in [-0.2, 0) is 0 Å². The molecule has 1 aliphatic rings. The van der Waals surface area contributed by atoms with E-state index in [1.165, 1.54) is 0 Å². The molecule has 0 fully saturated rings. The summed E-state index contributed by atoms with van der Waals surface area (Å²) in [5.74, 6) is 0.293. The molecule has 7 heavy (non-hydrogen) atoms. The fourth-order valence-corrected chi connectivity index (χ4v) is 0.621. The molecule has 2 heteroatoms. The Morgan fingerprint density at radius 3 is 2.86 bits per heavy atom. The van der Waals surface area contributed by atoms with Crippen molar-refractivity contribution in [3.63, 3.8) is 0 Å². The van der Waals surface area contributed by atoms with Gasteiger partial charge in [0.15, 0.2) is 0 Å². The average molecular weight is 92.9 g/mol. The third-order valence-corrected chi connectivity index (χ3v) is 1.08. The molecule has 0 aromatic rings. The molecule has 1 heterocycles. The molecule has 0 aromatic carbocycles. The Bertz CT molecular complexity index is 80.1. The first-order valence-electron chi connectivity index (χ1n) is 2.55. The molecule has 0 bridgehead atoms. The molecule has 0 amide bonds. The van der Waals surface area contributed by atoms with Crippen molar-refractivity contribution in [2.45, 2.75) is 12.2 Å². The van der Waals surface area contributed by atoms with Crippen LogP contribution in [-0.4, -0.2) is 14.4 Å². The van der Waals surface area contributed by atoms with Crippen LogP contribution in [0.25, 0.3) is 0 Å². The summed E-state index contributed by atoms with van der Waals surface area (Å²) in [7, 11) is 5.51. The maximum absolute atomic E-state index is 5.51. The molecule has 1 rings (SSSR count). The Balaban J connectivity index is 2.36. The van der Waals surface area contributed by atoms with Crippen molar-refractivity contribution in [2.24, 2.45) is 0 Å². The third-order valence-electron chi connectivity index (χ3n) is 1.08. The van der Waals surface area contributed by atoms with E-state index in [0.29, 0.717) is 5.82 Å². The number of rotatable bonds is 0. The number of nitrogens with one attached hydrogen (secondary N) is 1. The van der Waals surface area contributed by atoms with E-state index in [4.69, 9.17) is 7.85 Å². The van der Waals surface area contributed by atoms with E-state index in [-0.39, 0.29) is 0 Å². The van der Waals surface area contributed by atoms with Crippen molar-refractivity contribution in [1.82, 2.24) is 5.32 Å². The maximum atomic E-state index is 5.51. The number of hydrogen-bond donors (Lipinski definition) is 1. The molecule has 0 saturated carbocycles. The highest BCUT2D eigenvalue weighted by molar-refractivity contribution is 6.12. The molecule has 0 saturated heterocycles. The van der Waals surface area contributed by atoms with E-state index in [0.717, 1.165) is 13.0 Å². The van der Waals surface area contributed by atoms with Crippen LogP contribution in [0.2, 0.25) is 5.82 Å². The van der Waals surface area contributed by atoms with Gasteiger partial charge in [0.05, 0.1) is 7.85 Å². The van der Waals surface area contributed by atoms with Gasteiger partial charge >= 0.3 is 0 Å². The van der Waals surface area contributed by atoms with Gasteiger partial charge in [0, 0.05) is 6.54 Å². The van der Waals surface area contributed by atoms with E-state index < -0.39 is 0 Å². The number of hydrogen-bond acceptors (Lipinski definition) is 1. The van der Waals surface area contributed by atoms with Crippen molar-refractivity contribution in [2.75, 3.05) is 6.54 Å². The van der Waals surface area contributed by atoms with Crippen LogP contribution in [0, 0.1) is 0 Å². The Labute approximate surface area is 45.2 Å². The summed E-state index contributed by atoms with van der Waals surface area (Å²) < 4.78 is 0. The number of allylic oxidation sites excluding steroid dienone is 1. The normalized spacial score (nSPS) is 29.4. The summed E-state index contributed by atoms with van der Waals surface area (Å²) in [5.41, 5.74) is 0. The van der Waals surface area contributed by atoms with Crippen LogP contribution in [0.3, 0.4) is 0 Å². The van der Waals surface area contributed by atoms with Gasteiger partial charge < -0.3 is 5.32 Å². The third kappa shape index (κ3) is 1.26. The summed E-state index contributed by atoms with van der Waals surface area (Å²) in [6, 6.07) is 0. The minimum Gasteiger partial charge on any atom is -0.391 e. The van der Waals surface area contributed by atoms with Gasteiger partial charge in [-0.25, -0.2) is 0 Å². The lowest BCUT2D eigenvalue weighted by Gasteiger charge is -2.11. The van der Waals surface area contributed by atoms with Crippen molar-refractivity contribution in [1.29, 1.82) is 0 Å². The van der Waals surface area contributed by atoms with E-state index in [2.05, 4.69) is 5.32 Å². The molecule has 0 aromatic heterocycles. The highest BCUT2D eigenvalue weighted by atomic mass is 14.8. The fourth-order valence-electron chi connectivity index (χ4n) is 0.621. The van der Waals surface area contributed by atoms with E-state index in [1.54, 1.807) is 0 Å².